The van der Waals surface area contributed by atoms with Gasteiger partial charge in [0.25, 0.3) is 0 Å². The first kappa shape index (κ1) is 15.9. The second-order valence-corrected chi connectivity index (χ2v) is 6.54. The van der Waals surface area contributed by atoms with Crippen LogP contribution in [0.1, 0.15) is 13.8 Å². The standard InChI is InChI=1S/C11H20NO7P/c1-5-12-10-9-8(18-11(2,3)19-9)7(17-10)6-16-20(13,14)15-4/h5,7-10,12H,1,6H2,2-4H3,(H,13,14)/t7?,8-,9-,10-/m1/s1. The van der Waals surface area contributed by atoms with Gasteiger partial charge in [-0.05, 0) is 20.0 Å². The van der Waals surface area contributed by atoms with E-state index in [-0.39, 0.29) is 12.7 Å². The minimum Gasteiger partial charge on any atom is -0.365 e. The minimum absolute atomic E-state index is 0.141. The molecule has 2 N–H and O–H groups in total. The first-order valence-electron chi connectivity index (χ1n) is 6.19. The Kier molecular flexibility index (Phi) is 4.56. The summed E-state index contributed by atoms with van der Waals surface area (Å²) in [5, 5.41) is 2.91. The molecule has 0 amide bonds. The molecule has 0 spiro atoms. The molecule has 5 atom stereocenters. The van der Waals surface area contributed by atoms with E-state index in [2.05, 4.69) is 16.4 Å². The van der Waals surface area contributed by atoms with Gasteiger partial charge in [0.2, 0.25) is 0 Å². The molecule has 8 nitrogen and oxygen atoms in total. The highest BCUT2D eigenvalue weighted by Crippen LogP contribution is 2.44. The summed E-state index contributed by atoms with van der Waals surface area (Å²) in [6.45, 7) is 7.02. The van der Waals surface area contributed by atoms with E-state index in [0.717, 1.165) is 7.11 Å². The van der Waals surface area contributed by atoms with Gasteiger partial charge in [0.15, 0.2) is 12.0 Å². The fourth-order valence-electron chi connectivity index (χ4n) is 2.29. The van der Waals surface area contributed by atoms with Gasteiger partial charge >= 0.3 is 7.82 Å². The number of rotatable bonds is 6. The number of nitrogens with one attached hydrogen (secondary N) is 1. The number of phosphoric ester groups is 1. The largest absolute Gasteiger partial charge is 0.472 e. The van der Waals surface area contributed by atoms with Crippen molar-refractivity contribution in [1.29, 1.82) is 0 Å². The molecule has 2 fully saturated rings. The third kappa shape index (κ3) is 3.40. The molecule has 116 valence electrons. The number of hydrogen-bond donors (Lipinski definition) is 2. The van der Waals surface area contributed by atoms with Gasteiger partial charge in [-0.3, -0.25) is 9.05 Å². The highest BCUT2D eigenvalue weighted by Gasteiger charge is 2.55. The molecule has 2 unspecified atom stereocenters. The maximum absolute atomic E-state index is 11.3. The average Bonchev–Trinajstić information content (AvgIpc) is 2.83. The van der Waals surface area contributed by atoms with Crippen molar-refractivity contribution in [3.05, 3.63) is 12.8 Å². The van der Waals surface area contributed by atoms with Gasteiger partial charge in [-0.2, -0.15) is 0 Å². The molecule has 2 aliphatic rings. The van der Waals surface area contributed by atoms with Crippen molar-refractivity contribution in [2.45, 2.75) is 44.2 Å². The fraction of sp³-hybridized carbons (Fsp3) is 0.818. The maximum Gasteiger partial charge on any atom is 0.472 e. The van der Waals surface area contributed by atoms with Crippen LogP contribution in [0.5, 0.6) is 0 Å². The highest BCUT2D eigenvalue weighted by molar-refractivity contribution is 7.47. The van der Waals surface area contributed by atoms with E-state index in [1.807, 2.05) is 0 Å². The van der Waals surface area contributed by atoms with E-state index in [1.54, 1.807) is 13.8 Å². The van der Waals surface area contributed by atoms with Crippen molar-refractivity contribution in [2.24, 2.45) is 0 Å². The summed E-state index contributed by atoms with van der Waals surface area (Å²) in [6, 6.07) is 0. The molecule has 0 aromatic rings. The molecule has 0 bridgehead atoms. The summed E-state index contributed by atoms with van der Waals surface area (Å²) in [5.41, 5.74) is 0. The van der Waals surface area contributed by atoms with Crippen LogP contribution in [0.2, 0.25) is 0 Å². The summed E-state index contributed by atoms with van der Waals surface area (Å²) >= 11 is 0. The highest BCUT2D eigenvalue weighted by atomic mass is 31.2. The van der Waals surface area contributed by atoms with Crippen LogP contribution < -0.4 is 5.32 Å². The molecular formula is C11H20NO7P. The monoisotopic (exact) mass is 309 g/mol. The van der Waals surface area contributed by atoms with Crippen LogP contribution in [0.25, 0.3) is 0 Å². The van der Waals surface area contributed by atoms with Crippen molar-refractivity contribution in [1.82, 2.24) is 5.32 Å². The van der Waals surface area contributed by atoms with Gasteiger partial charge in [-0.15, -0.1) is 0 Å². The minimum atomic E-state index is -4.05. The second-order valence-electron chi connectivity index (χ2n) is 4.98. The van der Waals surface area contributed by atoms with E-state index in [9.17, 15) is 9.46 Å². The van der Waals surface area contributed by atoms with Crippen LogP contribution in [0.15, 0.2) is 12.8 Å². The molecule has 0 saturated carbocycles. The Morgan fingerprint density at radius 2 is 2.10 bits per heavy atom. The van der Waals surface area contributed by atoms with E-state index in [1.165, 1.54) is 6.20 Å². The Bertz CT molecular complexity index is 416. The molecule has 0 aromatic heterocycles. The Morgan fingerprint density at radius 3 is 2.70 bits per heavy atom. The van der Waals surface area contributed by atoms with Gasteiger partial charge in [0.05, 0.1) is 6.61 Å². The molecule has 2 heterocycles. The van der Waals surface area contributed by atoms with Crippen molar-refractivity contribution >= 4 is 7.82 Å². The zero-order valence-corrected chi connectivity index (χ0v) is 12.5. The van der Waals surface area contributed by atoms with Crippen molar-refractivity contribution < 1.29 is 32.7 Å². The summed E-state index contributed by atoms with van der Waals surface area (Å²) in [6.07, 6.45) is -0.258. The van der Waals surface area contributed by atoms with Gasteiger partial charge < -0.3 is 24.4 Å². The van der Waals surface area contributed by atoms with Crippen LogP contribution in [0.4, 0.5) is 0 Å². The third-order valence-corrected chi connectivity index (χ3v) is 4.00. The first-order valence-corrected chi connectivity index (χ1v) is 7.68. The van der Waals surface area contributed by atoms with E-state index >= 15 is 0 Å². The molecule has 9 heteroatoms. The van der Waals surface area contributed by atoms with Gasteiger partial charge in [-0.1, -0.05) is 6.58 Å². The third-order valence-electron chi connectivity index (χ3n) is 3.06. The lowest BCUT2D eigenvalue weighted by atomic mass is 10.1. The fourth-order valence-corrected chi connectivity index (χ4v) is 2.73. The lowest BCUT2D eigenvalue weighted by Crippen LogP contribution is -2.37. The zero-order valence-electron chi connectivity index (χ0n) is 11.6. The Hall–Kier alpha value is -0.470. The van der Waals surface area contributed by atoms with Gasteiger partial charge in [-0.25, -0.2) is 4.57 Å². The number of hydrogen-bond acceptors (Lipinski definition) is 7. The summed E-state index contributed by atoms with van der Waals surface area (Å²) in [5.74, 6) is -0.747. The lowest BCUT2D eigenvalue weighted by molar-refractivity contribution is -0.191. The Balaban J connectivity index is 2.03. The van der Waals surface area contributed by atoms with Crippen molar-refractivity contribution in [3.63, 3.8) is 0 Å². The lowest BCUT2D eigenvalue weighted by Gasteiger charge is -2.24. The van der Waals surface area contributed by atoms with Crippen LogP contribution in [0, 0.1) is 0 Å². The molecule has 2 saturated heterocycles. The maximum atomic E-state index is 11.3. The molecule has 0 radical (unpaired) electrons. The Morgan fingerprint density at radius 1 is 1.45 bits per heavy atom. The number of fused-ring (bicyclic) bond motifs is 1. The second kappa shape index (κ2) is 5.73. The van der Waals surface area contributed by atoms with Crippen molar-refractivity contribution in [2.75, 3.05) is 13.7 Å². The van der Waals surface area contributed by atoms with Gasteiger partial charge in [0, 0.05) is 7.11 Å². The van der Waals surface area contributed by atoms with E-state index in [4.69, 9.17) is 18.7 Å². The van der Waals surface area contributed by atoms with Crippen LogP contribution >= 0.6 is 7.82 Å². The molecule has 0 aromatic carbocycles. The van der Waals surface area contributed by atoms with E-state index < -0.39 is 32.0 Å². The summed E-state index contributed by atoms with van der Waals surface area (Å²) in [7, 11) is -2.95. The normalized spacial score (nSPS) is 38.2. The molecule has 2 rings (SSSR count). The predicted molar refractivity (Wildman–Crippen MR) is 68.6 cm³/mol. The van der Waals surface area contributed by atoms with Gasteiger partial charge in [0.1, 0.15) is 18.3 Å². The quantitative estimate of drug-likeness (QED) is 0.693. The topological polar surface area (TPSA) is 95.5 Å². The summed E-state index contributed by atoms with van der Waals surface area (Å²) < 4.78 is 37.7. The smallest absolute Gasteiger partial charge is 0.365 e. The van der Waals surface area contributed by atoms with Crippen LogP contribution in [-0.4, -0.2) is 48.9 Å². The van der Waals surface area contributed by atoms with Crippen molar-refractivity contribution in [3.8, 4) is 0 Å². The Labute approximate surface area is 117 Å². The number of ether oxygens (including phenoxy) is 3. The van der Waals surface area contributed by atoms with Crippen LogP contribution in [-0.2, 0) is 27.8 Å². The number of phosphoric acid groups is 1. The average molecular weight is 309 g/mol. The molecular weight excluding hydrogens is 289 g/mol. The zero-order chi connectivity index (χ0) is 15.0. The summed E-state index contributed by atoms with van der Waals surface area (Å²) in [4.78, 5) is 9.25. The van der Waals surface area contributed by atoms with E-state index in [0.29, 0.717) is 0 Å². The molecule has 0 aliphatic carbocycles. The SMILES string of the molecule is C=CN[C@@H]1OC(COP(=O)(O)OC)[C@H]2OC(C)(C)O[C@@H]12. The predicted octanol–water partition coefficient (Wildman–Crippen LogP) is 0.728. The van der Waals surface area contributed by atoms with Crippen LogP contribution in [0.3, 0.4) is 0 Å². The molecule has 2 aliphatic heterocycles. The molecule has 20 heavy (non-hydrogen) atoms. The first-order chi connectivity index (χ1) is 9.28.